The molecule has 2 heterocycles. The Morgan fingerprint density at radius 1 is 1.67 bits per heavy atom. The summed E-state index contributed by atoms with van der Waals surface area (Å²) in [5, 5.41) is 6.42. The maximum Gasteiger partial charge on any atom is 0.227 e. The Morgan fingerprint density at radius 2 is 2.50 bits per heavy atom. The summed E-state index contributed by atoms with van der Waals surface area (Å²) in [5.74, 6) is 0.185. The van der Waals surface area contributed by atoms with Crippen LogP contribution in [0.4, 0.5) is 0 Å². The van der Waals surface area contributed by atoms with Crippen LogP contribution < -0.4 is 10.6 Å². The quantitative estimate of drug-likeness (QED) is 0.875. The van der Waals surface area contributed by atoms with Crippen LogP contribution in [-0.2, 0) is 11.3 Å². The van der Waals surface area contributed by atoms with Crippen LogP contribution in [0.5, 0.6) is 0 Å². The van der Waals surface area contributed by atoms with Gasteiger partial charge >= 0.3 is 0 Å². The predicted octanol–water partition coefficient (Wildman–Crippen LogP) is 1.85. The molecule has 1 atom stereocenters. The van der Waals surface area contributed by atoms with Gasteiger partial charge in [0.2, 0.25) is 5.91 Å². The van der Waals surface area contributed by atoms with Gasteiger partial charge in [0.05, 0.1) is 23.2 Å². The van der Waals surface area contributed by atoms with E-state index >= 15 is 0 Å². The standard InChI is InChI=1S/C13H21N3OS/c1-3-13(5-4-6-14-8-13)12(17)15-7-11-10(2)16-9-18-11/h9,14H,3-8H2,1-2H3,(H,15,17). The number of nitrogens with one attached hydrogen (secondary N) is 2. The van der Waals surface area contributed by atoms with E-state index in [2.05, 4.69) is 22.5 Å². The summed E-state index contributed by atoms with van der Waals surface area (Å²) >= 11 is 1.60. The highest BCUT2D eigenvalue weighted by Gasteiger charge is 2.37. The zero-order valence-corrected chi connectivity index (χ0v) is 11.9. The number of thiazole rings is 1. The Bertz CT molecular complexity index is 410. The fourth-order valence-electron chi connectivity index (χ4n) is 2.47. The minimum absolute atomic E-state index is 0.185. The number of carbonyl (C=O) groups is 1. The minimum atomic E-state index is -0.211. The largest absolute Gasteiger partial charge is 0.351 e. The van der Waals surface area contributed by atoms with E-state index in [4.69, 9.17) is 0 Å². The summed E-state index contributed by atoms with van der Waals surface area (Å²) in [6, 6.07) is 0. The van der Waals surface area contributed by atoms with Crippen LogP contribution in [-0.4, -0.2) is 24.0 Å². The highest BCUT2D eigenvalue weighted by molar-refractivity contribution is 7.09. The van der Waals surface area contributed by atoms with Crippen LogP contribution in [0.15, 0.2) is 5.51 Å². The van der Waals surface area contributed by atoms with Gasteiger partial charge in [0.15, 0.2) is 0 Å². The molecule has 0 bridgehead atoms. The first kappa shape index (κ1) is 13.5. The molecule has 0 spiro atoms. The van der Waals surface area contributed by atoms with Crippen molar-refractivity contribution in [2.24, 2.45) is 5.41 Å². The van der Waals surface area contributed by atoms with Crippen LogP contribution in [0.25, 0.3) is 0 Å². The second-order valence-electron chi connectivity index (χ2n) is 4.96. The highest BCUT2D eigenvalue weighted by Crippen LogP contribution is 2.30. The Kier molecular flexibility index (Phi) is 4.35. The van der Waals surface area contributed by atoms with E-state index < -0.39 is 0 Å². The zero-order valence-electron chi connectivity index (χ0n) is 11.1. The molecule has 2 rings (SSSR count). The van der Waals surface area contributed by atoms with Gasteiger partial charge in [0.25, 0.3) is 0 Å². The fourth-order valence-corrected chi connectivity index (χ4v) is 3.18. The van der Waals surface area contributed by atoms with Gasteiger partial charge in [-0.2, -0.15) is 0 Å². The average Bonchev–Trinajstić information content (AvgIpc) is 2.82. The van der Waals surface area contributed by atoms with E-state index in [1.807, 2.05) is 12.4 Å². The molecular weight excluding hydrogens is 246 g/mol. The summed E-state index contributed by atoms with van der Waals surface area (Å²) in [5.41, 5.74) is 2.64. The minimum Gasteiger partial charge on any atom is -0.351 e. The van der Waals surface area contributed by atoms with Crippen molar-refractivity contribution in [3.05, 3.63) is 16.1 Å². The van der Waals surface area contributed by atoms with E-state index in [0.29, 0.717) is 6.54 Å². The molecule has 1 aliphatic heterocycles. The lowest BCUT2D eigenvalue weighted by Gasteiger charge is -2.35. The number of nitrogens with zero attached hydrogens (tertiary/aromatic N) is 1. The van der Waals surface area contributed by atoms with Crippen LogP contribution >= 0.6 is 11.3 Å². The van der Waals surface area contributed by atoms with Crippen molar-refractivity contribution in [1.29, 1.82) is 0 Å². The molecule has 1 fully saturated rings. The van der Waals surface area contributed by atoms with Gasteiger partial charge in [-0.3, -0.25) is 4.79 Å². The topological polar surface area (TPSA) is 54.0 Å². The van der Waals surface area contributed by atoms with E-state index in [0.717, 1.165) is 42.9 Å². The maximum absolute atomic E-state index is 12.4. The van der Waals surface area contributed by atoms with Crippen molar-refractivity contribution in [3.63, 3.8) is 0 Å². The van der Waals surface area contributed by atoms with Gasteiger partial charge in [0, 0.05) is 11.4 Å². The second-order valence-corrected chi connectivity index (χ2v) is 5.90. The molecule has 1 unspecified atom stereocenters. The first-order valence-electron chi connectivity index (χ1n) is 6.56. The SMILES string of the molecule is CCC1(C(=O)NCc2scnc2C)CCCNC1. The second kappa shape index (κ2) is 5.80. The first-order valence-corrected chi connectivity index (χ1v) is 7.44. The van der Waals surface area contributed by atoms with Crippen LogP contribution in [0, 0.1) is 12.3 Å². The summed E-state index contributed by atoms with van der Waals surface area (Å²) in [7, 11) is 0. The van der Waals surface area contributed by atoms with Gasteiger partial charge in [-0.1, -0.05) is 6.92 Å². The number of aryl methyl sites for hydroxylation is 1. The molecule has 18 heavy (non-hydrogen) atoms. The van der Waals surface area contributed by atoms with Gasteiger partial charge in [-0.25, -0.2) is 4.98 Å². The van der Waals surface area contributed by atoms with E-state index in [9.17, 15) is 4.79 Å². The molecule has 1 aromatic heterocycles. The molecule has 1 saturated heterocycles. The number of piperidine rings is 1. The molecule has 1 aromatic rings. The molecule has 0 radical (unpaired) electrons. The van der Waals surface area contributed by atoms with Crippen molar-refractivity contribution >= 4 is 17.2 Å². The fraction of sp³-hybridized carbons (Fsp3) is 0.692. The molecule has 2 N–H and O–H groups in total. The lowest BCUT2D eigenvalue weighted by Crippen LogP contribution is -2.50. The molecule has 5 heteroatoms. The number of hydrogen-bond acceptors (Lipinski definition) is 4. The van der Waals surface area contributed by atoms with E-state index in [-0.39, 0.29) is 11.3 Å². The highest BCUT2D eigenvalue weighted by atomic mass is 32.1. The summed E-state index contributed by atoms with van der Waals surface area (Å²) in [4.78, 5) is 17.7. The van der Waals surface area contributed by atoms with Crippen LogP contribution in [0.2, 0.25) is 0 Å². The van der Waals surface area contributed by atoms with Crippen LogP contribution in [0.3, 0.4) is 0 Å². The van der Waals surface area contributed by atoms with Crippen molar-refractivity contribution in [1.82, 2.24) is 15.6 Å². The molecule has 0 saturated carbocycles. The summed E-state index contributed by atoms with van der Waals surface area (Å²) in [6.45, 7) is 6.53. The average molecular weight is 267 g/mol. The Balaban J connectivity index is 1.96. The lowest BCUT2D eigenvalue weighted by molar-refractivity contribution is -0.132. The molecule has 1 amide bonds. The Hall–Kier alpha value is -0.940. The van der Waals surface area contributed by atoms with E-state index in [1.54, 1.807) is 11.3 Å². The number of amides is 1. The molecular formula is C13H21N3OS. The van der Waals surface area contributed by atoms with Crippen molar-refractivity contribution in [2.45, 2.75) is 39.7 Å². The third-order valence-electron chi connectivity index (χ3n) is 3.89. The smallest absolute Gasteiger partial charge is 0.227 e. The Labute approximate surface area is 112 Å². The van der Waals surface area contributed by atoms with E-state index in [1.165, 1.54) is 0 Å². The van der Waals surface area contributed by atoms with Gasteiger partial charge < -0.3 is 10.6 Å². The van der Waals surface area contributed by atoms with Crippen LogP contribution in [0.1, 0.15) is 36.8 Å². The number of carbonyl (C=O) groups excluding carboxylic acids is 1. The van der Waals surface area contributed by atoms with Crippen molar-refractivity contribution < 1.29 is 4.79 Å². The van der Waals surface area contributed by atoms with Gasteiger partial charge in [-0.15, -0.1) is 11.3 Å². The predicted molar refractivity (Wildman–Crippen MR) is 73.5 cm³/mol. The van der Waals surface area contributed by atoms with Crippen molar-refractivity contribution in [3.8, 4) is 0 Å². The molecule has 1 aliphatic rings. The third-order valence-corrected chi connectivity index (χ3v) is 4.82. The van der Waals surface area contributed by atoms with Crippen molar-refractivity contribution in [2.75, 3.05) is 13.1 Å². The zero-order chi connectivity index (χ0) is 13.0. The van der Waals surface area contributed by atoms with Gasteiger partial charge in [-0.05, 0) is 32.7 Å². The lowest BCUT2D eigenvalue weighted by atomic mass is 9.77. The third kappa shape index (κ3) is 2.72. The maximum atomic E-state index is 12.4. The Morgan fingerprint density at radius 3 is 3.06 bits per heavy atom. The molecule has 100 valence electrons. The molecule has 4 nitrogen and oxygen atoms in total. The number of rotatable bonds is 4. The number of hydrogen-bond donors (Lipinski definition) is 2. The first-order chi connectivity index (χ1) is 8.68. The normalized spacial score (nSPS) is 23.9. The number of aromatic nitrogens is 1. The monoisotopic (exact) mass is 267 g/mol. The molecule has 0 aliphatic carbocycles. The van der Waals surface area contributed by atoms with Gasteiger partial charge in [0.1, 0.15) is 0 Å². The summed E-state index contributed by atoms with van der Waals surface area (Å²) < 4.78 is 0. The summed E-state index contributed by atoms with van der Waals surface area (Å²) in [6.07, 6.45) is 2.97. The molecule has 0 aromatic carbocycles.